The van der Waals surface area contributed by atoms with Crippen LogP contribution in [-0.4, -0.2) is 15.2 Å². The van der Waals surface area contributed by atoms with E-state index in [1.54, 1.807) is 0 Å². The third kappa shape index (κ3) is 3.11. The number of hydrogen-bond donors (Lipinski definition) is 0. The minimum Gasteiger partial charge on any atom is -0.268 e. The Morgan fingerprint density at radius 3 is 2.90 bits per heavy atom. The van der Waals surface area contributed by atoms with Crippen molar-refractivity contribution in [1.82, 2.24) is 9.78 Å². The molecule has 3 rings (SSSR count). The van der Waals surface area contributed by atoms with Gasteiger partial charge in [0, 0.05) is 17.8 Å². The van der Waals surface area contributed by atoms with Gasteiger partial charge in [-0.05, 0) is 43.6 Å². The van der Waals surface area contributed by atoms with Gasteiger partial charge in [0.2, 0.25) is 0 Å². The molecule has 21 heavy (non-hydrogen) atoms. The van der Waals surface area contributed by atoms with Gasteiger partial charge in [0.25, 0.3) is 0 Å². The lowest BCUT2D eigenvalue weighted by atomic mass is 9.77. The molecule has 0 bridgehead atoms. The second-order valence-electron chi connectivity index (χ2n) is 6.54. The molecule has 114 valence electrons. The van der Waals surface area contributed by atoms with E-state index in [2.05, 4.69) is 31.2 Å². The van der Waals surface area contributed by atoms with Gasteiger partial charge in [-0.15, -0.1) is 11.6 Å². The zero-order valence-electron chi connectivity index (χ0n) is 13.1. The number of nitrogens with zero attached hydrogens (tertiary/aromatic N) is 2. The molecule has 2 nitrogen and oxygen atoms in total. The van der Waals surface area contributed by atoms with Crippen LogP contribution in [0.1, 0.15) is 44.7 Å². The number of hydrogen-bond acceptors (Lipinski definition) is 1. The van der Waals surface area contributed by atoms with Crippen molar-refractivity contribution in [2.45, 2.75) is 50.8 Å². The number of benzene rings is 1. The molecule has 0 saturated heterocycles. The minimum absolute atomic E-state index is 0.318. The van der Waals surface area contributed by atoms with Crippen molar-refractivity contribution >= 4 is 22.5 Å². The second-order valence-corrected chi connectivity index (χ2v) is 7.10. The van der Waals surface area contributed by atoms with E-state index in [-0.39, 0.29) is 0 Å². The topological polar surface area (TPSA) is 17.8 Å². The van der Waals surface area contributed by atoms with Crippen molar-refractivity contribution in [3.63, 3.8) is 0 Å². The van der Waals surface area contributed by atoms with Gasteiger partial charge in [-0.1, -0.05) is 38.0 Å². The number of rotatable bonds is 4. The molecule has 1 aromatic heterocycles. The molecule has 1 aliphatic rings. The maximum atomic E-state index is 6.62. The van der Waals surface area contributed by atoms with Gasteiger partial charge in [0.15, 0.2) is 0 Å². The summed E-state index contributed by atoms with van der Waals surface area (Å²) in [5.74, 6) is 1.44. The molecule has 1 heterocycles. The molecule has 0 N–H and O–H groups in total. The molecule has 3 unspecified atom stereocenters. The Morgan fingerprint density at radius 1 is 1.29 bits per heavy atom. The Hall–Kier alpha value is -1.02. The molecular formula is C18H25ClN2. The van der Waals surface area contributed by atoms with Crippen LogP contribution < -0.4 is 0 Å². The summed E-state index contributed by atoms with van der Waals surface area (Å²) in [6.45, 7) is 2.29. The third-order valence-electron chi connectivity index (χ3n) is 4.99. The second kappa shape index (κ2) is 6.39. The molecule has 1 saturated carbocycles. The Labute approximate surface area is 132 Å². The molecule has 2 aromatic rings. The highest BCUT2D eigenvalue weighted by atomic mass is 35.5. The van der Waals surface area contributed by atoms with E-state index < -0.39 is 0 Å². The van der Waals surface area contributed by atoms with Crippen LogP contribution in [0.2, 0.25) is 0 Å². The van der Waals surface area contributed by atoms with Gasteiger partial charge in [-0.2, -0.15) is 5.10 Å². The van der Waals surface area contributed by atoms with E-state index >= 15 is 0 Å². The number of halogens is 1. The standard InChI is InChI=1S/C18H25ClN2/c1-3-6-13-9-10-16(19)14(11-13)12-17-15-7-4-5-8-18(15)21(2)20-17/h4-5,7-8,13-14,16H,3,6,9-12H2,1-2H3. The molecular weight excluding hydrogens is 280 g/mol. The quantitative estimate of drug-likeness (QED) is 0.732. The van der Waals surface area contributed by atoms with E-state index in [0.29, 0.717) is 11.3 Å². The first-order valence-corrected chi connectivity index (χ1v) is 8.67. The Kier molecular flexibility index (Phi) is 4.54. The zero-order chi connectivity index (χ0) is 14.8. The van der Waals surface area contributed by atoms with Crippen molar-refractivity contribution in [2.24, 2.45) is 18.9 Å². The van der Waals surface area contributed by atoms with E-state index in [1.807, 2.05) is 11.7 Å². The van der Waals surface area contributed by atoms with Crippen molar-refractivity contribution in [2.75, 3.05) is 0 Å². The summed E-state index contributed by atoms with van der Waals surface area (Å²) in [5, 5.41) is 6.36. The zero-order valence-corrected chi connectivity index (χ0v) is 13.8. The van der Waals surface area contributed by atoms with Crippen LogP contribution in [0.5, 0.6) is 0 Å². The third-order valence-corrected chi connectivity index (χ3v) is 5.56. The van der Waals surface area contributed by atoms with E-state index in [4.69, 9.17) is 16.7 Å². The average Bonchev–Trinajstić information content (AvgIpc) is 2.80. The van der Waals surface area contributed by atoms with Crippen molar-refractivity contribution < 1.29 is 0 Å². The van der Waals surface area contributed by atoms with Crippen LogP contribution in [0.4, 0.5) is 0 Å². The van der Waals surface area contributed by atoms with Crippen LogP contribution in [-0.2, 0) is 13.5 Å². The lowest BCUT2D eigenvalue weighted by Crippen LogP contribution is -2.27. The highest BCUT2D eigenvalue weighted by Gasteiger charge is 2.29. The van der Waals surface area contributed by atoms with E-state index in [0.717, 1.165) is 12.3 Å². The van der Waals surface area contributed by atoms with Crippen LogP contribution in [0.15, 0.2) is 24.3 Å². The fourth-order valence-electron chi connectivity index (χ4n) is 3.89. The van der Waals surface area contributed by atoms with Gasteiger partial charge in [0.1, 0.15) is 0 Å². The summed E-state index contributed by atoms with van der Waals surface area (Å²) in [6.07, 6.45) is 7.41. The first-order valence-electron chi connectivity index (χ1n) is 8.23. The molecule has 0 radical (unpaired) electrons. The molecule has 0 aliphatic heterocycles. The monoisotopic (exact) mass is 304 g/mol. The highest BCUT2D eigenvalue weighted by molar-refractivity contribution is 6.20. The number of alkyl halides is 1. The molecule has 1 aromatic carbocycles. The van der Waals surface area contributed by atoms with Crippen molar-refractivity contribution in [1.29, 1.82) is 0 Å². The van der Waals surface area contributed by atoms with Crippen LogP contribution >= 0.6 is 11.6 Å². The average molecular weight is 305 g/mol. The fourth-order valence-corrected chi connectivity index (χ4v) is 4.21. The number of aromatic nitrogens is 2. The predicted octanol–water partition coefficient (Wildman–Crippen LogP) is 4.94. The summed E-state index contributed by atoms with van der Waals surface area (Å²) >= 11 is 6.62. The maximum Gasteiger partial charge on any atom is 0.0706 e. The first kappa shape index (κ1) is 14.9. The molecule has 1 fully saturated rings. The molecule has 0 amide bonds. The summed E-state index contributed by atoms with van der Waals surface area (Å²) in [5.41, 5.74) is 2.44. The van der Waals surface area contributed by atoms with Crippen LogP contribution in [0.3, 0.4) is 0 Å². The molecule has 0 spiro atoms. The smallest absolute Gasteiger partial charge is 0.0706 e. The van der Waals surface area contributed by atoms with E-state index in [1.165, 1.54) is 48.7 Å². The van der Waals surface area contributed by atoms with E-state index in [9.17, 15) is 0 Å². The number of para-hydroxylation sites is 1. The van der Waals surface area contributed by atoms with Gasteiger partial charge < -0.3 is 0 Å². The van der Waals surface area contributed by atoms with Gasteiger partial charge in [0.05, 0.1) is 11.2 Å². The van der Waals surface area contributed by atoms with Crippen molar-refractivity contribution in [3.05, 3.63) is 30.0 Å². The van der Waals surface area contributed by atoms with Gasteiger partial charge in [-0.3, -0.25) is 4.68 Å². The molecule has 1 aliphatic carbocycles. The number of aryl methyl sites for hydroxylation is 1. The van der Waals surface area contributed by atoms with Crippen LogP contribution in [0.25, 0.3) is 10.9 Å². The maximum absolute atomic E-state index is 6.62. The lowest BCUT2D eigenvalue weighted by molar-refractivity contribution is 0.256. The molecule has 3 heteroatoms. The summed E-state index contributed by atoms with van der Waals surface area (Å²) in [6, 6.07) is 8.51. The Morgan fingerprint density at radius 2 is 2.10 bits per heavy atom. The summed E-state index contributed by atoms with van der Waals surface area (Å²) in [7, 11) is 2.03. The summed E-state index contributed by atoms with van der Waals surface area (Å²) in [4.78, 5) is 0. The first-order chi connectivity index (χ1) is 10.2. The van der Waals surface area contributed by atoms with Gasteiger partial charge in [-0.25, -0.2) is 0 Å². The normalized spacial score (nSPS) is 26.3. The summed E-state index contributed by atoms with van der Waals surface area (Å²) < 4.78 is 2.00. The Bertz CT molecular complexity index is 604. The Balaban J connectivity index is 1.80. The fraction of sp³-hybridized carbons (Fsp3) is 0.611. The van der Waals surface area contributed by atoms with Gasteiger partial charge >= 0.3 is 0 Å². The SMILES string of the molecule is CCCC1CCC(Cl)C(Cc2nn(C)c3ccccc23)C1. The van der Waals surface area contributed by atoms with Crippen molar-refractivity contribution in [3.8, 4) is 0 Å². The molecule has 3 atom stereocenters. The largest absolute Gasteiger partial charge is 0.268 e. The lowest BCUT2D eigenvalue weighted by Gasteiger charge is -2.32. The highest BCUT2D eigenvalue weighted by Crippen LogP contribution is 2.37. The van der Waals surface area contributed by atoms with Crippen LogP contribution in [0, 0.1) is 11.8 Å². The number of fused-ring (bicyclic) bond motifs is 1. The minimum atomic E-state index is 0.318. The predicted molar refractivity (Wildman–Crippen MR) is 89.8 cm³/mol.